The predicted octanol–water partition coefficient (Wildman–Crippen LogP) is 1.74. The molecule has 0 spiro atoms. The summed E-state index contributed by atoms with van der Waals surface area (Å²) in [6.07, 6.45) is 1.61. The Labute approximate surface area is 85.5 Å². The molecular formula is C11H20O3. The summed E-state index contributed by atoms with van der Waals surface area (Å²) in [4.78, 5) is 11.3. The van der Waals surface area contributed by atoms with E-state index in [9.17, 15) is 9.90 Å². The van der Waals surface area contributed by atoms with E-state index in [1.165, 1.54) is 0 Å². The minimum Gasteiger partial charge on any atom is -0.465 e. The van der Waals surface area contributed by atoms with Crippen LogP contribution in [0.5, 0.6) is 0 Å². The van der Waals surface area contributed by atoms with Crippen LogP contribution in [0.15, 0.2) is 0 Å². The molecule has 2 atom stereocenters. The lowest BCUT2D eigenvalue weighted by Gasteiger charge is -2.16. The number of ether oxygens (including phenoxy) is 1. The summed E-state index contributed by atoms with van der Waals surface area (Å²) >= 11 is 0. The van der Waals surface area contributed by atoms with Gasteiger partial charge in [0.1, 0.15) is 0 Å². The van der Waals surface area contributed by atoms with Gasteiger partial charge >= 0.3 is 5.97 Å². The number of carbonyl (C=O) groups excluding carboxylic acids is 1. The highest BCUT2D eigenvalue weighted by Gasteiger charge is 2.47. The van der Waals surface area contributed by atoms with E-state index in [0.717, 1.165) is 12.8 Å². The van der Waals surface area contributed by atoms with Gasteiger partial charge in [-0.3, -0.25) is 4.79 Å². The van der Waals surface area contributed by atoms with Crippen LogP contribution in [0.2, 0.25) is 0 Å². The number of rotatable bonds is 3. The second-order valence-electron chi connectivity index (χ2n) is 5.43. The molecule has 3 heteroatoms. The van der Waals surface area contributed by atoms with Gasteiger partial charge in [0, 0.05) is 0 Å². The summed E-state index contributed by atoms with van der Waals surface area (Å²) in [5.41, 5.74) is -0.930. The lowest BCUT2D eigenvalue weighted by molar-refractivity contribution is -0.153. The zero-order valence-corrected chi connectivity index (χ0v) is 9.46. The summed E-state index contributed by atoms with van der Waals surface area (Å²) in [6.45, 7) is 7.76. The third-order valence-electron chi connectivity index (χ3n) is 2.69. The van der Waals surface area contributed by atoms with Gasteiger partial charge in [0.25, 0.3) is 0 Å². The van der Waals surface area contributed by atoms with Crippen molar-refractivity contribution in [3.8, 4) is 0 Å². The van der Waals surface area contributed by atoms with Gasteiger partial charge in [0.2, 0.25) is 0 Å². The van der Waals surface area contributed by atoms with E-state index in [1.807, 2.05) is 27.7 Å². The summed E-state index contributed by atoms with van der Waals surface area (Å²) in [7, 11) is 0. The van der Waals surface area contributed by atoms with Crippen molar-refractivity contribution in [2.45, 2.75) is 46.1 Å². The maximum atomic E-state index is 11.3. The Hall–Kier alpha value is -0.570. The van der Waals surface area contributed by atoms with Crippen molar-refractivity contribution in [1.29, 1.82) is 0 Å². The SMILES string of the molecule is CC(C)(C)C(=O)OCC[C@H]1C[C@@]1(C)O. The van der Waals surface area contributed by atoms with Crippen LogP contribution in [0.3, 0.4) is 0 Å². The number of hydrogen-bond acceptors (Lipinski definition) is 3. The van der Waals surface area contributed by atoms with Gasteiger partial charge < -0.3 is 9.84 Å². The smallest absolute Gasteiger partial charge is 0.311 e. The van der Waals surface area contributed by atoms with Gasteiger partial charge in [-0.25, -0.2) is 0 Å². The first kappa shape index (κ1) is 11.5. The lowest BCUT2D eigenvalue weighted by atomic mass is 9.97. The van der Waals surface area contributed by atoms with Gasteiger partial charge in [-0.05, 0) is 46.5 Å². The number of esters is 1. The van der Waals surface area contributed by atoms with E-state index in [-0.39, 0.29) is 5.97 Å². The van der Waals surface area contributed by atoms with Gasteiger partial charge in [-0.1, -0.05) is 0 Å². The molecule has 0 aromatic carbocycles. The Kier molecular flexibility index (Phi) is 2.91. The standard InChI is InChI=1S/C11H20O3/c1-10(2,3)9(12)14-6-5-8-7-11(8,4)13/h8,13H,5-7H2,1-4H3/t8-,11+/m0/s1. The molecule has 0 aromatic heterocycles. The predicted molar refractivity (Wildman–Crippen MR) is 53.8 cm³/mol. The van der Waals surface area contributed by atoms with Crippen LogP contribution in [-0.4, -0.2) is 23.3 Å². The average Bonchev–Trinajstić information content (AvgIpc) is 2.57. The van der Waals surface area contributed by atoms with Crippen molar-refractivity contribution in [3.05, 3.63) is 0 Å². The first-order valence-electron chi connectivity index (χ1n) is 5.13. The molecule has 1 aliphatic carbocycles. The quantitative estimate of drug-likeness (QED) is 0.706. The van der Waals surface area contributed by atoms with Gasteiger partial charge in [0.05, 0.1) is 17.6 Å². The molecule has 0 bridgehead atoms. The fourth-order valence-corrected chi connectivity index (χ4v) is 1.36. The third-order valence-corrected chi connectivity index (χ3v) is 2.69. The van der Waals surface area contributed by atoms with Crippen molar-refractivity contribution in [3.63, 3.8) is 0 Å². The molecule has 1 fully saturated rings. The summed E-state index contributed by atoms with van der Waals surface area (Å²) in [5, 5.41) is 9.48. The molecule has 0 aliphatic heterocycles. The van der Waals surface area contributed by atoms with Gasteiger partial charge in [-0.15, -0.1) is 0 Å². The third kappa shape index (κ3) is 2.98. The van der Waals surface area contributed by atoms with E-state index >= 15 is 0 Å². The normalized spacial score (nSPS) is 31.4. The molecule has 1 N–H and O–H groups in total. The van der Waals surface area contributed by atoms with Crippen LogP contribution in [-0.2, 0) is 9.53 Å². The second-order valence-corrected chi connectivity index (χ2v) is 5.43. The minimum absolute atomic E-state index is 0.169. The van der Waals surface area contributed by atoms with Crippen LogP contribution in [0.4, 0.5) is 0 Å². The topological polar surface area (TPSA) is 46.5 Å². The van der Waals surface area contributed by atoms with E-state index in [2.05, 4.69) is 0 Å². The summed E-state index contributed by atoms with van der Waals surface area (Å²) in [5.74, 6) is 0.146. The van der Waals surface area contributed by atoms with Crippen LogP contribution < -0.4 is 0 Å². The van der Waals surface area contributed by atoms with Crippen molar-refractivity contribution >= 4 is 5.97 Å². The fourth-order valence-electron chi connectivity index (χ4n) is 1.36. The van der Waals surface area contributed by atoms with Crippen molar-refractivity contribution in [2.24, 2.45) is 11.3 Å². The first-order valence-corrected chi connectivity index (χ1v) is 5.13. The van der Waals surface area contributed by atoms with E-state index in [0.29, 0.717) is 12.5 Å². The highest BCUT2D eigenvalue weighted by molar-refractivity contribution is 5.75. The van der Waals surface area contributed by atoms with Gasteiger partial charge in [-0.2, -0.15) is 0 Å². The maximum Gasteiger partial charge on any atom is 0.311 e. The molecule has 0 heterocycles. The van der Waals surface area contributed by atoms with Gasteiger partial charge in [0.15, 0.2) is 0 Å². The van der Waals surface area contributed by atoms with Crippen LogP contribution in [0.25, 0.3) is 0 Å². The molecule has 3 nitrogen and oxygen atoms in total. The van der Waals surface area contributed by atoms with Crippen molar-refractivity contribution in [2.75, 3.05) is 6.61 Å². The molecule has 0 aromatic rings. The Morgan fingerprint density at radius 1 is 1.57 bits per heavy atom. The molecule has 1 rings (SSSR count). The molecule has 0 unspecified atom stereocenters. The number of carbonyl (C=O) groups is 1. The molecule has 0 radical (unpaired) electrons. The molecule has 82 valence electrons. The van der Waals surface area contributed by atoms with Crippen LogP contribution >= 0.6 is 0 Å². The zero-order valence-electron chi connectivity index (χ0n) is 9.46. The van der Waals surface area contributed by atoms with Crippen LogP contribution in [0, 0.1) is 11.3 Å². The minimum atomic E-state index is -0.506. The summed E-state index contributed by atoms with van der Waals surface area (Å²) in [6, 6.07) is 0. The maximum absolute atomic E-state index is 11.3. The molecule has 0 saturated heterocycles. The van der Waals surface area contributed by atoms with Crippen molar-refractivity contribution in [1.82, 2.24) is 0 Å². The number of hydrogen-bond donors (Lipinski definition) is 1. The van der Waals surface area contributed by atoms with Crippen LogP contribution in [0.1, 0.15) is 40.5 Å². The Morgan fingerprint density at radius 3 is 2.43 bits per heavy atom. The van der Waals surface area contributed by atoms with E-state index in [4.69, 9.17) is 4.74 Å². The highest BCUT2D eigenvalue weighted by Crippen LogP contribution is 2.45. The number of aliphatic hydroxyl groups is 1. The Bertz CT molecular complexity index is 225. The molecule has 1 aliphatic rings. The molecule has 14 heavy (non-hydrogen) atoms. The first-order chi connectivity index (χ1) is 6.23. The van der Waals surface area contributed by atoms with Crippen molar-refractivity contribution < 1.29 is 14.6 Å². The monoisotopic (exact) mass is 200 g/mol. The van der Waals surface area contributed by atoms with E-state index in [1.54, 1.807) is 0 Å². The Morgan fingerprint density at radius 2 is 2.07 bits per heavy atom. The average molecular weight is 200 g/mol. The highest BCUT2D eigenvalue weighted by atomic mass is 16.5. The summed E-state index contributed by atoms with van der Waals surface area (Å²) < 4.78 is 5.10. The van der Waals surface area contributed by atoms with E-state index < -0.39 is 11.0 Å². The zero-order chi connectivity index (χ0) is 11.0. The lowest BCUT2D eigenvalue weighted by Crippen LogP contribution is -2.23. The largest absolute Gasteiger partial charge is 0.465 e. The second kappa shape index (κ2) is 3.54. The molecular weight excluding hydrogens is 180 g/mol. The molecule has 0 amide bonds. The fraction of sp³-hybridized carbons (Fsp3) is 0.909. The molecule has 1 saturated carbocycles. The Balaban J connectivity index is 2.14.